The zero-order valence-electron chi connectivity index (χ0n) is 13.6. The largest absolute Gasteiger partial charge is 0.366 e. The van der Waals surface area contributed by atoms with Gasteiger partial charge in [-0.1, -0.05) is 53.8 Å². The molecule has 0 aliphatic carbocycles. The SMILES string of the molecule is NC(=O)Nc1sc(NC(=O)Cc2cccc3ccccc23)cc1C(N)=O. The molecule has 2 aromatic carbocycles. The molecular formula is C18H16N4O3S. The van der Waals surface area contributed by atoms with Crippen molar-refractivity contribution in [3.05, 3.63) is 59.7 Å². The third kappa shape index (κ3) is 3.81. The molecule has 8 heteroatoms. The molecule has 26 heavy (non-hydrogen) atoms. The third-order valence-electron chi connectivity index (χ3n) is 3.73. The van der Waals surface area contributed by atoms with E-state index in [2.05, 4.69) is 10.6 Å². The summed E-state index contributed by atoms with van der Waals surface area (Å²) in [5, 5.41) is 7.71. The number of rotatable bonds is 5. The summed E-state index contributed by atoms with van der Waals surface area (Å²) in [6, 6.07) is 14.2. The Morgan fingerprint density at radius 3 is 2.42 bits per heavy atom. The first-order chi connectivity index (χ1) is 12.4. The number of carbonyl (C=O) groups excluding carboxylic acids is 3. The number of carbonyl (C=O) groups is 3. The molecule has 1 heterocycles. The van der Waals surface area contributed by atoms with Crippen molar-refractivity contribution in [2.75, 3.05) is 10.6 Å². The third-order valence-corrected chi connectivity index (χ3v) is 4.69. The summed E-state index contributed by atoms with van der Waals surface area (Å²) < 4.78 is 0. The number of hydrogen-bond acceptors (Lipinski definition) is 4. The van der Waals surface area contributed by atoms with Gasteiger partial charge in [-0.2, -0.15) is 0 Å². The molecule has 3 aromatic rings. The minimum absolute atomic E-state index is 0.0919. The Labute approximate surface area is 153 Å². The highest BCUT2D eigenvalue weighted by molar-refractivity contribution is 7.20. The molecule has 0 radical (unpaired) electrons. The van der Waals surface area contributed by atoms with Crippen molar-refractivity contribution in [3.63, 3.8) is 0 Å². The molecule has 3 rings (SSSR count). The van der Waals surface area contributed by atoms with E-state index in [4.69, 9.17) is 11.5 Å². The van der Waals surface area contributed by atoms with E-state index in [0.29, 0.717) is 5.00 Å². The lowest BCUT2D eigenvalue weighted by atomic mass is 10.0. The molecule has 0 bridgehead atoms. The highest BCUT2D eigenvalue weighted by atomic mass is 32.1. The molecular weight excluding hydrogens is 352 g/mol. The number of benzene rings is 2. The second-order valence-corrected chi connectivity index (χ2v) is 6.62. The maximum Gasteiger partial charge on any atom is 0.317 e. The molecule has 0 unspecified atom stereocenters. The predicted molar refractivity (Wildman–Crippen MR) is 102 cm³/mol. The minimum Gasteiger partial charge on any atom is -0.366 e. The van der Waals surface area contributed by atoms with Crippen LogP contribution in [0.4, 0.5) is 14.8 Å². The van der Waals surface area contributed by atoms with E-state index in [1.54, 1.807) is 0 Å². The van der Waals surface area contributed by atoms with Crippen LogP contribution in [0.5, 0.6) is 0 Å². The highest BCUT2D eigenvalue weighted by Gasteiger charge is 2.16. The maximum absolute atomic E-state index is 12.4. The zero-order chi connectivity index (χ0) is 18.7. The van der Waals surface area contributed by atoms with Crippen molar-refractivity contribution < 1.29 is 14.4 Å². The van der Waals surface area contributed by atoms with Crippen molar-refractivity contribution in [2.24, 2.45) is 11.5 Å². The van der Waals surface area contributed by atoms with Crippen molar-refractivity contribution >= 4 is 50.0 Å². The number of thiophene rings is 1. The van der Waals surface area contributed by atoms with Crippen LogP contribution in [0.3, 0.4) is 0 Å². The van der Waals surface area contributed by atoms with E-state index in [1.807, 2.05) is 42.5 Å². The Balaban J connectivity index is 1.79. The smallest absolute Gasteiger partial charge is 0.317 e. The highest BCUT2D eigenvalue weighted by Crippen LogP contribution is 2.32. The summed E-state index contributed by atoms with van der Waals surface area (Å²) in [6.45, 7) is 0. The average molecular weight is 368 g/mol. The monoisotopic (exact) mass is 368 g/mol. The van der Waals surface area contributed by atoms with Crippen LogP contribution in [-0.2, 0) is 11.2 Å². The minimum atomic E-state index is -0.817. The van der Waals surface area contributed by atoms with Crippen LogP contribution in [0, 0.1) is 0 Å². The lowest BCUT2D eigenvalue weighted by Gasteiger charge is -2.06. The zero-order valence-corrected chi connectivity index (χ0v) is 14.4. The summed E-state index contributed by atoms with van der Waals surface area (Å²) in [5.74, 6) is -0.969. The fraction of sp³-hybridized carbons (Fsp3) is 0.0556. The number of hydrogen-bond donors (Lipinski definition) is 4. The van der Waals surface area contributed by atoms with E-state index in [9.17, 15) is 14.4 Å². The Hall–Kier alpha value is -3.39. The fourth-order valence-electron chi connectivity index (χ4n) is 2.64. The number of nitrogens with one attached hydrogen (secondary N) is 2. The van der Waals surface area contributed by atoms with E-state index in [0.717, 1.165) is 27.7 Å². The van der Waals surface area contributed by atoms with Gasteiger partial charge >= 0.3 is 6.03 Å². The molecule has 4 amide bonds. The lowest BCUT2D eigenvalue weighted by Crippen LogP contribution is -2.21. The van der Waals surface area contributed by atoms with E-state index < -0.39 is 11.9 Å². The Kier molecular flexibility index (Phi) is 4.85. The Morgan fingerprint density at radius 1 is 0.962 bits per heavy atom. The van der Waals surface area contributed by atoms with Gasteiger partial charge in [-0.15, -0.1) is 0 Å². The van der Waals surface area contributed by atoms with E-state index in [1.165, 1.54) is 6.07 Å². The van der Waals surface area contributed by atoms with Crippen LogP contribution in [-0.4, -0.2) is 17.8 Å². The van der Waals surface area contributed by atoms with Crippen LogP contribution >= 0.6 is 11.3 Å². The van der Waals surface area contributed by atoms with Gasteiger partial charge in [-0.25, -0.2) is 4.79 Å². The van der Waals surface area contributed by atoms with Gasteiger partial charge in [0.25, 0.3) is 5.91 Å². The fourth-order valence-corrected chi connectivity index (χ4v) is 3.62. The summed E-state index contributed by atoms with van der Waals surface area (Å²) in [5.41, 5.74) is 11.3. The van der Waals surface area contributed by atoms with Gasteiger partial charge in [0.1, 0.15) is 5.00 Å². The first kappa shape index (κ1) is 17.4. The van der Waals surface area contributed by atoms with Crippen LogP contribution < -0.4 is 22.1 Å². The van der Waals surface area contributed by atoms with Gasteiger partial charge in [0, 0.05) is 0 Å². The molecule has 0 fully saturated rings. The number of anilines is 2. The first-order valence-electron chi connectivity index (χ1n) is 7.70. The molecule has 0 spiro atoms. The Bertz CT molecular complexity index is 1010. The van der Waals surface area contributed by atoms with Crippen LogP contribution in [0.2, 0.25) is 0 Å². The molecule has 0 saturated heterocycles. The van der Waals surface area contributed by atoms with Crippen molar-refractivity contribution in [2.45, 2.75) is 6.42 Å². The van der Waals surface area contributed by atoms with Gasteiger partial charge in [-0.3, -0.25) is 14.9 Å². The molecule has 1 aromatic heterocycles. The first-order valence-corrected chi connectivity index (χ1v) is 8.52. The summed E-state index contributed by atoms with van der Waals surface area (Å²) in [4.78, 5) is 34.9. The topological polar surface area (TPSA) is 127 Å². The molecule has 0 aliphatic rings. The standard InChI is InChI=1S/C18H16N4O3S/c19-16(24)13-9-15(26-17(13)22-18(20)25)21-14(23)8-11-6-3-5-10-4-1-2-7-12(10)11/h1-7,9H,8H2,(H2,19,24)(H,21,23)(H3,20,22,25). The normalized spacial score (nSPS) is 10.5. The van der Waals surface area contributed by atoms with Crippen molar-refractivity contribution in [1.29, 1.82) is 0 Å². The number of amides is 4. The number of fused-ring (bicyclic) bond motifs is 1. The molecule has 0 atom stereocenters. The van der Waals surface area contributed by atoms with Crippen LogP contribution in [0.15, 0.2) is 48.5 Å². The van der Waals surface area contributed by atoms with E-state index in [-0.39, 0.29) is 22.9 Å². The quantitative estimate of drug-likeness (QED) is 0.553. The van der Waals surface area contributed by atoms with Gasteiger partial charge in [0.15, 0.2) is 0 Å². The molecule has 0 saturated carbocycles. The van der Waals surface area contributed by atoms with Gasteiger partial charge in [0.05, 0.1) is 17.0 Å². The van der Waals surface area contributed by atoms with Crippen molar-refractivity contribution in [3.8, 4) is 0 Å². The average Bonchev–Trinajstić information content (AvgIpc) is 2.97. The summed E-state index contributed by atoms with van der Waals surface area (Å²) in [7, 11) is 0. The molecule has 6 N–H and O–H groups in total. The maximum atomic E-state index is 12.4. The second kappa shape index (κ2) is 7.24. The predicted octanol–water partition coefficient (Wildman–Crippen LogP) is 2.67. The molecule has 0 aliphatic heterocycles. The van der Waals surface area contributed by atoms with E-state index >= 15 is 0 Å². The molecule has 7 nitrogen and oxygen atoms in total. The van der Waals surface area contributed by atoms with Crippen molar-refractivity contribution in [1.82, 2.24) is 0 Å². The van der Waals surface area contributed by atoms with Crippen LogP contribution in [0.25, 0.3) is 10.8 Å². The summed E-state index contributed by atoms with van der Waals surface area (Å²) in [6.07, 6.45) is 0.170. The second-order valence-electron chi connectivity index (χ2n) is 5.57. The lowest BCUT2D eigenvalue weighted by molar-refractivity contribution is -0.115. The number of urea groups is 1. The molecule has 132 valence electrons. The number of nitrogens with two attached hydrogens (primary N) is 2. The van der Waals surface area contributed by atoms with Gasteiger partial charge in [-0.05, 0) is 22.4 Å². The number of primary amides is 2. The summed E-state index contributed by atoms with van der Waals surface area (Å²) >= 11 is 1.01. The Morgan fingerprint density at radius 2 is 1.69 bits per heavy atom. The van der Waals surface area contributed by atoms with Gasteiger partial charge in [0.2, 0.25) is 5.91 Å². The van der Waals surface area contributed by atoms with Gasteiger partial charge < -0.3 is 16.8 Å². The van der Waals surface area contributed by atoms with Crippen LogP contribution in [0.1, 0.15) is 15.9 Å².